The highest BCUT2D eigenvalue weighted by Crippen LogP contribution is 2.18. The second kappa shape index (κ2) is 7.73. The van der Waals surface area contributed by atoms with Crippen LogP contribution in [0.3, 0.4) is 0 Å². The summed E-state index contributed by atoms with van der Waals surface area (Å²) in [7, 11) is 0. The zero-order valence-electron chi connectivity index (χ0n) is 13.2. The van der Waals surface area contributed by atoms with Crippen molar-refractivity contribution in [1.29, 1.82) is 0 Å². The first-order chi connectivity index (χ1) is 11.8. The molecule has 0 unspecified atom stereocenters. The number of carbonyl (C=O) groups is 2. The predicted octanol–water partition coefficient (Wildman–Crippen LogP) is 2.42. The van der Waals surface area contributed by atoms with Crippen molar-refractivity contribution in [3.05, 3.63) is 69.9 Å². The molecular weight excluding hydrogens is 326 g/mol. The normalized spacial score (nSPS) is 10.8. The Hall–Kier alpha value is -3.68. The van der Waals surface area contributed by atoms with Gasteiger partial charge in [-0.3, -0.25) is 19.7 Å². The van der Waals surface area contributed by atoms with E-state index in [9.17, 15) is 24.8 Å². The highest BCUT2D eigenvalue weighted by atomic mass is 16.6. The van der Waals surface area contributed by atoms with Crippen molar-refractivity contribution in [2.75, 3.05) is 5.32 Å². The van der Waals surface area contributed by atoms with E-state index in [2.05, 4.69) is 10.6 Å². The van der Waals surface area contributed by atoms with E-state index in [4.69, 9.17) is 0 Å². The Balaban J connectivity index is 2.31. The standard InChI is InChI=1S/C17H15N3O5/c1-11(21)18-16(9-12-4-2-6-14(8-12)20(24)25)17(23)19-13-5-3-7-15(22)10-13/h2-10,22H,1H3,(H,18,21)(H,19,23). The number of phenols is 1. The van der Waals surface area contributed by atoms with Crippen LogP contribution in [0.4, 0.5) is 11.4 Å². The maximum Gasteiger partial charge on any atom is 0.272 e. The molecule has 0 fully saturated rings. The number of benzene rings is 2. The second-order valence-electron chi connectivity index (χ2n) is 5.10. The van der Waals surface area contributed by atoms with Crippen molar-refractivity contribution < 1.29 is 19.6 Å². The average molecular weight is 341 g/mol. The van der Waals surface area contributed by atoms with E-state index in [1.54, 1.807) is 18.2 Å². The monoisotopic (exact) mass is 341 g/mol. The molecule has 25 heavy (non-hydrogen) atoms. The number of hydrogen-bond acceptors (Lipinski definition) is 5. The van der Waals surface area contributed by atoms with E-state index >= 15 is 0 Å². The van der Waals surface area contributed by atoms with Gasteiger partial charge in [-0.05, 0) is 23.8 Å². The zero-order chi connectivity index (χ0) is 18.4. The molecule has 128 valence electrons. The van der Waals surface area contributed by atoms with Crippen LogP contribution in [0.15, 0.2) is 54.2 Å². The summed E-state index contributed by atoms with van der Waals surface area (Å²) in [5, 5.41) is 25.2. The van der Waals surface area contributed by atoms with Crippen LogP contribution >= 0.6 is 0 Å². The van der Waals surface area contributed by atoms with Gasteiger partial charge >= 0.3 is 0 Å². The Morgan fingerprint density at radius 3 is 2.52 bits per heavy atom. The minimum absolute atomic E-state index is 0.0264. The van der Waals surface area contributed by atoms with Crippen LogP contribution in [-0.4, -0.2) is 21.8 Å². The summed E-state index contributed by atoms with van der Waals surface area (Å²) in [6.07, 6.45) is 1.33. The fraction of sp³-hybridized carbons (Fsp3) is 0.0588. The van der Waals surface area contributed by atoms with E-state index < -0.39 is 16.7 Å². The molecule has 0 spiro atoms. The quantitative estimate of drug-likeness (QED) is 0.438. The van der Waals surface area contributed by atoms with Gasteiger partial charge in [0.15, 0.2) is 0 Å². The summed E-state index contributed by atoms with van der Waals surface area (Å²) in [4.78, 5) is 34.0. The molecule has 0 bridgehead atoms. The smallest absolute Gasteiger partial charge is 0.272 e. The molecule has 2 aromatic carbocycles. The summed E-state index contributed by atoms with van der Waals surface area (Å²) in [5.74, 6) is -1.13. The lowest BCUT2D eigenvalue weighted by Crippen LogP contribution is -2.28. The first-order valence-corrected chi connectivity index (χ1v) is 7.19. The third kappa shape index (κ3) is 5.17. The first-order valence-electron chi connectivity index (χ1n) is 7.19. The lowest BCUT2D eigenvalue weighted by molar-refractivity contribution is -0.384. The Kier molecular flexibility index (Phi) is 5.47. The number of phenolic OH excluding ortho intramolecular Hbond substituents is 1. The fourth-order valence-corrected chi connectivity index (χ4v) is 2.02. The van der Waals surface area contributed by atoms with Crippen molar-refractivity contribution in [3.63, 3.8) is 0 Å². The number of rotatable bonds is 5. The number of aromatic hydroxyl groups is 1. The van der Waals surface area contributed by atoms with Crippen LogP contribution in [0, 0.1) is 10.1 Å². The van der Waals surface area contributed by atoms with Crippen LogP contribution in [0.1, 0.15) is 12.5 Å². The number of hydrogen-bond donors (Lipinski definition) is 3. The largest absolute Gasteiger partial charge is 0.508 e. The van der Waals surface area contributed by atoms with E-state index in [1.165, 1.54) is 43.3 Å². The zero-order valence-corrected chi connectivity index (χ0v) is 13.2. The third-order valence-corrected chi connectivity index (χ3v) is 3.05. The minimum atomic E-state index is -0.632. The van der Waals surface area contributed by atoms with Gasteiger partial charge in [-0.1, -0.05) is 18.2 Å². The second-order valence-corrected chi connectivity index (χ2v) is 5.10. The molecule has 0 radical (unpaired) electrons. The highest BCUT2D eigenvalue weighted by molar-refractivity contribution is 6.08. The Labute approximate surface area is 142 Å². The first kappa shape index (κ1) is 17.7. The summed E-state index contributed by atoms with van der Waals surface area (Å²) in [6.45, 7) is 1.24. The number of nitrogens with one attached hydrogen (secondary N) is 2. The topological polar surface area (TPSA) is 122 Å². The van der Waals surface area contributed by atoms with Gasteiger partial charge in [-0.2, -0.15) is 0 Å². The molecule has 0 saturated heterocycles. The van der Waals surface area contributed by atoms with Crippen molar-refractivity contribution in [3.8, 4) is 5.75 Å². The third-order valence-electron chi connectivity index (χ3n) is 3.05. The van der Waals surface area contributed by atoms with E-state index in [-0.39, 0.29) is 17.1 Å². The molecule has 0 saturated carbocycles. The number of nitrogens with zero attached hydrogens (tertiary/aromatic N) is 1. The van der Waals surface area contributed by atoms with Gasteiger partial charge in [0, 0.05) is 30.8 Å². The van der Waals surface area contributed by atoms with Crippen LogP contribution in [-0.2, 0) is 9.59 Å². The molecule has 2 aromatic rings. The molecule has 0 aliphatic carbocycles. The van der Waals surface area contributed by atoms with E-state index in [1.807, 2.05) is 0 Å². The molecule has 0 aliphatic rings. The van der Waals surface area contributed by atoms with Crippen molar-refractivity contribution >= 4 is 29.3 Å². The molecule has 8 nitrogen and oxygen atoms in total. The number of anilines is 1. The average Bonchev–Trinajstić information content (AvgIpc) is 2.54. The Morgan fingerprint density at radius 1 is 1.16 bits per heavy atom. The van der Waals surface area contributed by atoms with E-state index in [0.29, 0.717) is 11.3 Å². The molecule has 0 aromatic heterocycles. The maximum absolute atomic E-state index is 12.4. The SMILES string of the molecule is CC(=O)NC(=Cc1cccc([N+](=O)[O-])c1)C(=O)Nc1cccc(O)c1. The number of carbonyl (C=O) groups excluding carboxylic acids is 2. The predicted molar refractivity (Wildman–Crippen MR) is 91.6 cm³/mol. The fourth-order valence-electron chi connectivity index (χ4n) is 2.02. The number of non-ortho nitro benzene ring substituents is 1. The van der Waals surface area contributed by atoms with Crippen LogP contribution in [0.2, 0.25) is 0 Å². The van der Waals surface area contributed by atoms with Crippen LogP contribution in [0.5, 0.6) is 5.75 Å². The van der Waals surface area contributed by atoms with Crippen molar-refractivity contribution in [2.45, 2.75) is 6.92 Å². The lowest BCUT2D eigenvalue weighted by atomic mass is 10.1. The van der Waals surface area contributed by atoms with Crippen molar-refractivity contribution in [2.24, 2.45) is 0 Å². The Bertz CT molecular complexity index is 861. The van der Waals surface area contributed by atoms with Gasteiger partial charge in [-0.15, -0.1) is 0 Å². The van der Waals surface area contributed by atoms with Gasteiger partial charge in [0.25, 0.3) is 11.6 Å². The van der Waals surface area contributed by atoms with E-state index in [0.717, 1.165) is 0 Å². The summed E-state index contributed by atoms with van der Waals surface area (Å²) < 4.78 is 0. The molecule has 0 aliphatic heterocycles. The molecular formula is C17H15N3O5. The highest BCUT2D eigenvalue weighted by Gasteiger charge is 2.13. The van der Waals surface area contributed by atoms with Gasteiger partial charge in [0.2, 0.25) is 5.91 Å². The summed E-state index contributed by atoms with van der Waals surface area (Å²) >= 11 is 0. The maximum atomic E-state index is 12.4. The van der Waals surface area contributed by atoms with Crippen LogP contribution < -0.4 is 10.6 Å². The number of nitro groups is 1. The molecule has 2 amide bonds. The lowest BCUT2D eigenvalue weighted by Gasteiger charge is -2.10. The number of amides is 2. The molecule has 0 heterocycles. The summed E-state index contributed by atoms with van der Waals surface area (Å²) in [5.41, 5.74) is 0.491. The number of nitro benzene ring substituents is 1. The van der Waals surface area contributed by atoms with Crippen molar-refractivity contribution in [1.82, 2.24) is 5.32 Å². The minimum Gasteiger partial charge on any atom is -0.508 e. The molecule has 8 heteroatoms. The van der Waals surface area contributed by atoms with Gasteiger partial charge < -0.3 is 15.7 Å². The van der Waals surface area contributed by atoms with Gasteiger partial charge in [-0.25, -0.2) is 0 Å². The summed E-state index contributed by atoms with van der Waals surface area (Å²) in [6, 6.07) is 11.5. The van der Waals surface area contributed by atoms with Crippen LogP contribution in [0.25, 0.3) is 6.08 Å². The van der Waals surface area contributed by atoms with Gasteiger partial charge in [0.05, 0.1) is 4.92 Å². The molecule has 2 rings (SSSR count). The van der Waals surface area contributed by atoms with Gasteiger partial charge in [0.1, 0.15) is 11.4 Å². The Morgan fingerprint density at radius 2 is 1.88 bits per heavy atom. The molecule has 3 N–H and O–H groups in total. The molecule has 0 atom stereocenters.